The molecule has 1 unspecified atom stereocenters. The summed E-state index contributed by atoms with van der Waals surface area (Å²) in [5.74, 6) is 5.26. The zero-order valence-corrected chi connectivity index (χ0v) is 22.4. The monoisotopic (exact) mass is 564 g/mol. The molecule has 0 spiro atoms. The molecule has 2 heterocycles. The van der Waals surface area contributed by atoms with Gasteiger partial charge in [0, 0.05) is 41.6 Å². The highest BCUT2D eigenvalue weighted by Crippen LogP contribution is 2.31. The number of hydrogen-bond acceptors (Lipinski definition) is 6. The number of β-amino-alcohol motifs (C(OH)–C–C–N with tert-alkyl or cyclic N) is 1. The second-order valence-corrected chi connectivity index (χ2v) is 10.4. The van der Waals surface area contributed by atoms with Gasteiger partial charge in [-0.25, -0.2) is 4.39 Å². The average molecular weight is 565 g/mol. The van der Waals surface area contributed by atoms with Crippen molar-refractivity contribution in [2.24, 2.45) is 0 Å². The maximum atomic E-state index is 14.2. The summed E-state index contributed by atoms with van der Waals surface area (Å²) in [5.41, 5.74) is 1.67. The number of halogens is 4. The fourth-order valence-electron chi connectivity index (χ4n) is 4.74. The Labute approximate surface area is 229 Å². The van der Waals surface area contributed by atoms with Crippen LogP contribution in [-0.2, 0) is 6.54 Å². The fraction of sp³-hybridized carbons (Fsp3) is 0.429. The van der Waals surface area contributed by atoms with E-state index in [2.05, 4.69) is 27.4 Å². The molecule has 1 aliphatic heterocycles. The second kappa shape index (κ2) is 13.0. The van der Waals surface area contributed by atoms with Crippen molar-refractivity contribution in [2.45, 2.75) is 42.6 Å². The van der Waals surface area contributed by atoms with Crippen LogP contribution in [-0.4, -0.2) is 77.0 Å². The molecule has 0 amide bonds. The Bertz CT molecular complexity index is 1330. The summed E-state index contributed by atoms with van der Waals surface area (Å²) in [6, 6.07) is 11.8. The summed E-state index contributed by atoms with van der Waals surface area (Å²) in [6.07, 6.45) is -1.76. The summed E-state index contributed by atoms with van der Waals surface area (Å²) in [5, 5.41) is 25.8. The van der Waals surface area contributed by atoms with Crippen molar-refractivity contribution in [3.63, 3.8) is 0 Å². The van der Waals surface area contributed by atoms with Crippen LogP contribution in [0.4, 0.5) is 28.9 Å². The summed E-state index contributed by atoms with van der Waals surface area (Å²) < 4.78 is 55.9. The first-order valence-electron chi connectivity index (χ1n) is 12.7. The van der Waals surface area contributed by atoms with Gasteiger partial charge in [-0.05, 0) is 61.4 Å². The van der Waals surface area contributed by atoms with Gasteiger partial charge in [0.2, 0.25) is 0 Å². The smallest absolute Gasteiger partial charge is 0.394 e. The molecule has 11 heteroatoms. The van der Waals surface area contributed by atoms with Crippen LogP contribution in [0.25, 0.3) is 10.9 Å². The Kier molecular flexibility index (Phi) is 9.67. The van der Waals surface area contributed by atoms with Gasteiger partial charge in [-0.15, -0.1) is 11.8 Å². The number of rotatable bonds is 9. The van der Waals surface area contributed by atoms with E-state index in [9.17, 15) is 22.7 Å². The van der Waals surface area contributed by atoms with Crippen LogP contribution in [0.3, 0.4) is 0 Å². The number of aliphatic hydroxyl groups excluding tert-OH is 2. The Hall–Kier alpha value is -2.91. The number of likely N-dealkylation sites (tertiary alicyclic amines) is 1. The molecule has 6 nitrogen and oxygen atoms in total. The van der Waals surface area contributed by atoms with E-state index in [0.717, 1.165) is 36.5 Å². The first-order chi connectivity index (χ1) is 18.7. The highest BCUT2D eigenvalue weighted by molar-refractivity contribution is 7.98. The number of benzene rings is 2. The summed E-state index contributed by atoms with van der Waals surface area (Å²) in [6.45, 7) is 0.504. The van der Waals surface area contributed by atoms with Crippen molar-refractivity contribution >= 4 is 34.0 Å². The van der Waals surface area contributed by atoms with E-state index in [1.165, 1.54) is 22.4 Å². The fourth-order valence-corrected chi connectivity index (χ4v) is 5.16. The third-order valence-electron chi connectivity index (χ3n) is 6.67. The van der Waals surface area contributed by atoms with Crippen LogP contribution >= 0.6 is 11.8 Å². The largest absolute Gasteiger partial charge is 0.406 e. The van der Waals surface area contributed by atoms with Crippen LogP contribution in [0.5, 0.6) is 0 Å². The Morgan fingerprint density at radius 2 is 1.90 bits per heavy atom. The molecule has 2 aromatic carbocycles. The molecular formula is C28H32F4N4O2S. The van der Waals surface area contributed by atoms with Gasteiger partial charge in [0.05, 0.1) is 36.2 Å². The zero-order valence-electron chi connectivity index (χ0n) is 21.6. The minimum absolute atomic E-state index is 0.0672. The van der Waals surface area contributed by atoms with Crippen LogP contribution in [0.1, 0.15) is 18.5 Å². The number of alkyl halides is 3. The topological polar surface area (TPSA) is 72.7 Å². The van der Waals surface area contributed by atoms with Gasteiger partial charge in [-0.3, -0.25) is 0 Å². The van der Waals surface area contributed by atoms with E-state index >= 15 is 0 Å². The molecule has 1 aliphatic rings. The second-order valence-electron chi connectivity index (χ2n) is 9.53. The van der Waals surface area contributed by atoms with Crippen molar-refractivity contribution in [1.29, 1.82) is 0 Å². The number of anilines is 2. The molecule has 210 valence electrons. The van der Waals surface area contributed by atoms with E-state index in [1.54, 1.807) is 30.3 Å². The number of nitrogens with zero attached hydrogens (tertiary/aromatic N) is 2. The lowest BCUT2D eigenvalue weighted by Gasteiger charge is -2.33. The van der Waals surface area contributed by atoms with Gasteiger partial charge < -0.3 is 30.3 Å². The summed E-state index contributed by atoms with van der Waals surface area (Å²) in [7, 11) is 0. The van der Waals surface area contributed by atoms with E-state index in [1.807, 2.05) is 12.3 Å². The number of aromatic nitrogens is 1. The predicted octanol–water partition coefficient (Wildman–Crippen LogP) is 4.76. The Morgan fingerprint density at radius 1 is 1.13 bits per heavy atom. The van der Waals surface area contributed by atoms with Crippen LogP contribution in [0.2, 0.25) is 0 Å². The molecule has 0 bridgehead atoms. The van der Waals surface area contributed by atoms with Gasteiger partial charge in [0.15, 0.2) is 0 Å². The minimum Gasteiger partial charge on any atom is -0.394 e. The van der Waals surface area contributed by atoms with Gasteiger partial charge in [0.1, 0.15) is 12.4 Å². The molecule has 4 rings (SSSR count). The molecule has 1 fully saturated rings. The molecular weight excluding hydrogens is 532 g/mol. The molecule has 0 saturated carbocycles. The maximum absolute atomic E-state index is 14.2. The van der Waals surface area contributed by atoms with Gasteiger partial charge in [-0.2, -0.15) is 13.2 Å². The number of nitrogens with one attached hydrogen (secondary N) is 2. The lowest BCUT2D eigenvalue weighted by molar-refractivity contribution is -0.140. The molecule has 1 saturated heterocycles. The average Bonchev–Trinajstić information content (AvgIpc) is 3.25. The van der Waals surface area contributed by atoms with E-state index in [4.69, 9.17) is 5.11 Å². The van der Waals surface area contributed by atoms with Gasteiger partial charge in [-0.1, -0.05) is 12.0 Å². The van der Waals surface area contributed by atoms with Crippen molar-refractivity contribution in [1.82, 2.24) is 9.47 Å². The van der Waals surface area contributed by atoms with Crippen LogP contribution in [0, 0.1) is 17.7 Å². The first-order valence-corrected chi connectivity index (χ1v) is 13.9. The molecule has 1 aromatic heterocycles. The van der Waals surface area contributed by atoms with Crippen LogP contribution < -0.4 is 10.6 Å². The number of piperidine rings is 1. The number of fused-ring (bicyclic) bond motifs is 1. The third kappa shape index (κ3) is 7.82. The van der Waals surface area contributed by atoms with Crippen molar-refractivity contribution in [2.75, 3.05) is 49.7 Å². The molecule has 4 N–H and O–H groups in total. The number of aliphatic hydroxyl groups is 2. The first kappa shape index (κ1) is 29.1. The molecule has 0 radical (unpaired) electrons. The standard InChI is InChI=1S/C28H32F4N4O2S/c1-39-22-7-8-26(24(29)15-22)33-11-3-4-20-14-23-25(5-2-6-27(23)36(20)18-28(30,31)32)34-19-9-12-35(13-10-19)16-21(38)17-37/h2,5-8,14-15,19,21,33-34,37-38H,9-13,16-18H2,1H3. The minimum atomic E-state index is -4.43. The van der Waals surface area contributed by atoms with E-state index in [-0.39, 0.29) is 30.6 Å². The van der Waals surface area contributed by atoms with Gasteiger partial charge in [0.25, 0.3) is 0 Å². The molecule has 0 aliphatic carbocycles. The van der Waals surface area contributed by atoms with E-state index < -0.39 is 24.6 Å². The SMILES string of the molecule is CSc1ccc(NCC#Cc2cc3c(NC4CCN(CC(O)CO)CC4)cccc3n2CC(F)(F)F)c(F)c1. The van der Waals surface area contributed by atoms with Crippen molar-refractivity contribution in [3.8, 4) is 11.8 Å². The normalized spacial score (nSPS) is 15.7. The Morgan fingerprint density at radius 3 is 2.56 bits per heavy atom. The summed E-state index contributed by atoms with van der Waals surface area (Å²) >= 11 is 1.42. The van der Waals surface area contributed by atoms with Crippen LogP contribution in [0.15, 0.2) is 47.4 Å². The predicted molar refractivity (Wildman–Crippen MR) is 148 cm³/mol. The molecule has 39 heavy (non-hydrogen) atoms. The lowest BCUT2D eigenvalue weighted by atomic mass is 10.0. The Balaban J connectivity index is 1.51. The maximum Gasteiger partial charge on any atom is 0.406 e. The highest BCUT2D eigenvalue weighted by Gasteiger charge is 2.30. The molecule has 1 atom stereocenters. The number of thioether (sulfide) groups is 1. The third-order valence-corrected chi connectivity index (χ3v) is 7.40. The van der Waals surface area contributed by atoms with Crippen molar-refractivity contribution < 1.29 is 27.8 Å². The highest BCUT2D eigenvalue weighted by atomic mass is 32.2. The zero-order chi connectivity index (χ0) is 28.0. The van der Waals surface area contributed by atoms with E-state index in [0.29, 0.717) is 17.4 Å². The summed E-state index contributed by atoms with van der Waals surface area (Å²) in [4.78, 5) is 2.88. The molecule has 3 aromatic rings. The number of hydrogen-bond donors (Lipinski definition) is 4. The lowest BCUT2D eigenvalue weighted by Crippen LogP contribution is -2.43. The van der Waals surface area contributed by atoms with Crippen molar-refractivity contribution in [3.05, 3.63) is 54.0 Å². The van der Waals surface area contributed by atoms with Gasteiger partial charge >= 0.3 is 6.18 Å². The quantitative estimate of drug-likeness (QED) is 0.171.